The lowest BCUT2D eigenvalue weighted by atomic mass is 10.2. The first kappa shape index (κ1) is 47.8. The number of hydrogen-bond donors (Lipinski definition) is 3. The Bertz CT molecular complexity index is 1660. The van der Waals surface area contributed by atoms with Crippen LogP contribution in [0.15, 0.2) is 87.1 Å². The minimum atomic E-state index is -4.76. The highest BCUT2D eigenvalue weighted by Gasteiger charge is 2.31. The molecule has 8 nitrogen and oxygen atoms in total. The number of pyridine rings is 2. The third-order valence-electron chi connectivity index (χ3n) is 5.50. The summed E-state index contributed by atoms with van der Waals surface area (Å²) >= 11 is 5.04. The number of halogens is 8. The van der Waals surface area contributed by atoms with Crippen LogP contribution >= 0.6 is 38.5 Å². The number of rotatable bonds is 6. The Labute approximate surface area is 304 Å². The highest BCUT2D eigenvalue weighted by atomic mass is 127. The molecule has 2 aromatic heterocycles. The van der Waals surface area contributed by atoms with E-state index >= 15 is 0 Å². The fourth-order valence-electron chi connectivity index (χ4n) is 3.26. The lowest BCUT2D eigenvalue weighted by molar-refractivity contribution is -0.275. The Morgan fingerprint density at radius 2 is 1.31 bits per heavy atom. The Hall–Kier alpha value is -3.35. The lowest BCUT2D eigenvalue weighted by Gasteiger charge is -2.11. The molecule has 2 aromatic carbocycles. The van der Waals surface area contributed by atoms with Crippen LogP contribution in [0.4, 0.5) is 26.3 Å². The Kier molecular flexibility index (Phi) is 22.5. The quantitative estimate of drug-likeness (QED) is 0.102. The molecule has 49 heavy (non-hydrogen) atoms. The van der Waals surface area contributed by atoms with Gasteiger partial charge < -0.3 is 25.1 Å². The van der Waals surface area contributed by atoms with Gasteiger partial charge >= 0.3 is 12.7 Å². The SMILES string of the molecule is C.C.CNCCNC.Cc1cc[nH]c(=O)c1Br.Cc1cccc(OC(F)(F)F)c1.Cc1ccn(-c2cccc(OC(F)(F)F)c2)c(=O)c1I. The third-order valence-corrected chi connectivity index (χ3v) is 7.79. The van der Waals surface area contributed by atoms with Gasteiger partial charge in [-0.1, -0.05) is 33.1 Å². The topological polar surface area (TPSA) is 97.4 Å². The maximum Gasteiger partial charge on any atom is 0.573 e. The molecule has 274 valence electrons. The predicted molar refractivity (Wildman–Crippen MR) is 195 cm³/mol. The molecular weight excluding hydrogens is 837 g/mol. The predicted octanol–water partition coefficient (Wildman–Crippen LogP) is 8.69. The van der Waals surface area contributed by atoms with Crippen molar-refractivity contribution in [1.82, 2.24) is 20.2 Å². The van der Waals surface area contributed by atoms with Gasteiger partial charge in [-0.05, 0) is 126 Å². The summed E-state index contributed by atoms with van der Waals surface area (Å²) in [5.41, 5.74) is 2.46. The zero-order valence-electron chi connectivity index (χ0n) is 25.9. The number of alkyl halides is 6. The highest BCUT2D eigenvalue weighted by molar-refractivity contribution is 14.1. The van der Waals surface area contributed by atoms with Crippen LogP contribution in [0.1, 0.15) is 31.5 Å². The van der Waals surface area contributed by atoms with Gasteiger partial charge in [-0.25, -0.2) is 0 Å². The first-order valence-corrected chi connectivity index (χ1v) is 15.4. The second-order valence-corrected chi connectivity index (χ2v) is 11.3. The summed E-state index contributed by atoms with van der Waals surface area (Å²) in [5.74, 6) is -0.542. The molecule has 16 heteroatoms. The van der Waals surface area contributed by atoms with Gasteiger partial charge in [0.1, 0.15) is 11.5 Å². The molecule has 3 N–H and O–H groups in total. The molecule has 0 aliphatic heterocycles. The van der Waals surface area contributed by atoms with Crippen LogP contribution in [0.5, 0.6) is 11.5 Å². The van der Waals surface area contributed by atoms with E-state index in [4.69, 9.17) is 0 Å². The van der Waals surface area contributed by atoms with Crippen LogP contribution < -0.4 is 31.2 Å². The molecule has 0 atom stereocenters. The molecule has 0 bridgehead atoms. The van der Waals surface area contributed by atoms with Gasteiger partial charge in [-0.15, -0.1) is 26.3 Å². The van der Waals surface area contributed by atoms with Crippen molar-refractivity contribution < 1.29 is 35.8 Å². The summed E-state index contributed by atoms with van der Waals surface area (Å²) in [6.45, 7) is 7.46. The highest BCUT2D eigenvalue weighted by Crippen LogP contribution is 2.25. The molecule has 0 radical (unpaired) electrons. The van der Waals surface area contributed by atoms with Crippen molar-refractivity contribution >= 4 is 38.5 Å². The van der Waals surface area contributed by atoms with E-state index in [0.29, 0.717) is 13.7 Å². The molecule has 0 aliphatic rings. The van der Waals surface area contributed by atoms with Gasteiger partial charge in [0.2, 0.25) is 0 Å². The number of benzene rings is 2. The van der Waals surface area contributed by atoms with E-state index in [1.165, 1.54) is 53.2 Å². The van der Waals surface area contributed by atoms with Crippen molar-refractivity contribution in [3.05, 3.63) is 118 Å². The number of aromatic amines is 1. The average Bonchev–Trinajstić information content (AvgIpc) is 2.97. The van der Waals surface area contributed by atoms with Gasteiger partial charge in [0, 0.05) is 31.5 Å². The van der Waals surface area contributed by atoms with Crippen molar-refractivity contribution in [2.24, 2.45) is 0 Å². The Morgan fingerprint density at radius 3 is 1.76 bits per heavy atom. The zero-order valence-corrected chi connectivity index (χ0v) is 29.7. The van der Waals surface area contributed by atoms with E-state index in [1.807, 2.05) is 49.7 Å². The lowest BCUT2D eigenvalue weighted by Crippen LogP contribution is -2.21. The summed E-state index contributed by atoms with van der Waals surface area (Å²) in [6.07, 6.45) is -6.21. The van der Waals surface area contributed by atoms with Crippen molar-refractivity contribution in [2.75, 3.05) is 27.2 Å². The number of nitrogens with zero attached hydrogens (tertiary/aromatic N) is 1. The number of aryl methyl sites for hydroxylation is 3. The summed E-state index contributed by atoms with van der Waals surface area (Å²) in [6, 6.07) is 14.6. The second kappa shape index (κ2) is 23.1. The molecule has 0 saturated heterocycles. The molecule has 4 aromatic rings. The molecule has 0 spiro atoms. The Morgan fingerprint density at radius 1 is 0.796 bits per heavy atom. The van der Waals surface area contributed by atoms with E-state index in [9.17, 15) is 35.9 Å². The summed E-state index contributed by atoms with van der Waals surface area (Å²) in [4.78, 5) is 25.4. The van der Waals surface area contributed by atoms with Gasteiger partial charge in [0.15, 0.2) is 0 Å². The van der Waals surface area contributed by atoms with E-state index in [2.05, 4.69) is 41.0 Å². The van der Waals surface area contributed by atoms with Crippen molar-refractivity contribution in [1.29, 1.82) is 0 Å². The maximum atomic E-state index is 12.2. The minimum Gasteiger partial charge on any atom is -0.406 e. The largest absolute Gasteiger partial charge is 0.573 e. The van der Waals surface area contributed by atoms with E-state index < -0.39 is 12.7 Å². The number of nitrogens with one attached hydrogen (secondary N) is 3. The van der Waals surface area contributed by atoms with Crippen molar-refractivity contribution in [3.8, 4) is 17.2 Å². The standard InChI is InChI=1S/C13H9F3INO2.C8H7F3O.C6H6BrNO.C4H12N2.2CH4/c1-8-5-6-18(12(19)11(8)17)9-3-2-4-10(7-9)20-13(14,15)16;1-6-3-2-4-7(5-6)12-8(9,10)11;1-4-2-3-8-6(9)5(4)7;1-5-3-4-6-2;;/h2-7H,1H3;2-5H,1H3;2-3H,1H3,(H,8,9);5-6H,3-4H2,1-2H3;2*1H4. The van der Waals surface area contributed by atoms with E-state index in [0.717, 1.165) is 29.8 Å². The number of H-pyrrole nitrogens is 1. The first-order chi connectivity index (χ1) is 21.9. The van der Waals surface area contributed by atoms with E-state index in [1.54, 1.807) is 32.2 Å². The van der Waals surface area contributed by atoms with Crippen LogP contribution in [0.3, 0.4) is 0 Å². The molecule has 0 amide bonds. The first-order valence-electron chi connectivity index (χ1n) is 13.6. The molecule has 4 rings (SSSR count). The summed E-state index contributed by atoms with van der Waals surface area (Å²) in [5, 5.41) is 6.01. The fourth-order valence-corrected chi connectivity index (χ4v) is 3.94. The maximum absolute atomic E-state index is 12.2. The number of ether oxygens (including phenoxy) is 2. The Balaban J connectivity index is 0. The monoisotopic (exact) mass is 878 g/mol. The third kappa shape index (κ3) is 19.4. The number of hydrogen-bond acceptors (Lipinski definition) is 6. The fraction of sp³-hybridized carbons (Fsp3) is 0.333. The molecular formula is C33H42BrF6IN4O4. The van der Waals surface area contributed by atoms with E-state index in [-0.39, 0.29) is 37.5 Å². The second-order valence-electron chi connectivity index (χ2n) is 9.41. The summed E-state index contributed by atoms with van der Waals surface area (Å²) < 4.78 is 81.4. The molecule has 0 fully saturated rings. The molecule has 0 aliphatic carbocycles. The van der Waals surface area contributed by atoms with Gasteiger partial charge in [-0.3, -0.25) is 14.2 Å². The van der Waals surface area contributed by atoms with Crippen LogP contribution in [-0.4, -0.2) is 49.5 Å². The molecule has 0 unspecified atom stereocenters. The van der Waals surface area contributed by atoms with Gasteiger partial charge in [0.05, 0.1) is 13.7 Å². The van der Waals surface area contributed by atoms with Gasteiger partial charge in [-0.2, -0.15) is 0 Å². The molecule has 2 heterocycles. The molecule has 0 saturated carbocycles. The van der Waals surface area contributed by atoms with Crippen LogP contribution in [-0.2, 0) is 0 Å². The van der Waals surface area contributed by atoms with Crippen LogP contribution in [0.25, 0.3) is 5.69 Å². The van der Waals surface area contributed by atoms with Crippen LogP contribution in [0, 0.1) is 24.3 Å². The normalized spacial score (nSPS) is 10.3. The number of aromatic nitrogens is 2. The summed E-state index contributed by atoms with van der Waals surface area (Å²) in [7, 11) is 3.88. The van der Waals surface area contributed by atoms with Crippen molar-refractivity contribution in [2.45, 2.75) is 48.3 Å². The van der Waals surface area contributed by atoms with Gasteiger partial charge in [0.25, 0.3) is 11.1 Å². The zero-order chi connectivity index (χ0) is 35.8. The number of likely N-dealkylation sites (N-methyl/N-ethyl adjacent to an activating group) is 2. The van der Waals surface area contributed by atoms with Crippen LogP contribution in [0.2, 0.25) is 0 Å². The minimum absolute atomic E-state index is 0. The smallest absolute Gasteiger partial charge is 0.406 e. The average molecular weight is 880 g/mol. The van der Waals surface area contributed by atoms with Crippen molar-refractivity contribution in [3.63, 3.8) is 0 Å².